The van der Waals surface area contributed by atoms with Crippen LogP contribution in [-0.4, -0.2) is 44.9 Å². The van der Waals surface area contributed by atoms with E-state index in [0.717, 1.165) is 41.8 Å². The number of aryl methyl sites for hydroxylation is 1. The van der Waals surface area contributed by atoms with E-state index in [-0.39, 0.29) is 12.0 Å². The van der Waals surface area contributed by atoms with Gasteiger partial charge in [-0.1, -0.05) is 24.3 Å². The Bertz CT molecular complexity index is 1050. The van der Waals surface area contributed by atoms with Crippen molar-refractivity contribution >= 4 is 5.91 Å². The molecule has 154 valence electrons. The van der Waals surface area contributed by atoms with E-state index in [4.69, 9.17) is 9.47 Å². The van der Waals surface area contributed by atoms with E-state index in [0.29, 0.717) is 31.1 Å². The number of nitrogens with zero attached hydrogens (tertiary/aromatic N) is 4. The van der Waals surface area contributed by atoms with E-state index >= 15 is 0 Å². The van der Waals surface area contributed by atoms with Crippen LogP contribution in [0.15, 0.2) is 48.8 Å². The lowest BCUT2D eigenvalue weighted by atomic mass is 10.1. The molecule has 1 fully saturated rings. The van der Waals surface area contributed by atoms with Gasteiger partial charge < -0.3 is 14.4 Å². The number of rotatable bonds is 6. The van der Waals surface area contributed by atoms with Crippen LogP contribution in [0.2, 0.25) is 0 Å². The lowest BCUT2D eigenvalue weighted by Crippen LogP contribution is -2.24. The zero-order chi connectivity index (χ0) is 20.5. The molecule has 0 unspecified atom stereocenters. The second-order valence-corrected chi connectivity index (χ2v) is 7.83. The van der Waals surface area contributed by atoms with Crippen molar-refractivity contribution in [1.29, 1.82) is 0 Å². The summed E-state index contributed by atoms with van der Waals surface area (Å²) in [7, 11) is 1.90. The van der Waals surface area contributed by atoms with Crippen molar-refractivity contribution in [2.75, 3.05) is 13.2 Å². The van der Waals surface area contributed by atoms with Crippen molar-refractivity contribution in [3.05, 3.63) is 65.5 Å². The second-order valence-electron chi connectivity index (χ2n) is 7.83. The average molecular weight is 404 g/mol. The number of pyridine rings is 1. The number of fused-ring (bicyclic) bond motifs is 1. The number of hydrogen-bond acceptors (Lipinski definition) is 5. The summed E-state index contributed by atoms with van der Waals surface area (Å²) in [5, 5.41) is 4.43. The van der Waals surface area contributed by atoms with E-state index in [1.165, 1.54) is 0 Å². The van der Waals surface area contributed by atoms with Gasteiger partial charge in [0.25, 0.3) is 5.91 Å². The van der Waals surface area contributed by atoms with Gasteiger partial charge in [0.1, 0.15) is 12.2 Å². The molecular formula is C23H24N4O3. The fourth-order valence-electron chi connectivity index (χ4n) is 4.03. The third-order valence-electron chi connectivity index (χ3n) is 5.63. The molecule has 30 heavy (non-hydrogen) atoms. The summed E-state index contributed by atoms with van der Waals surface area (Å²) in [4.78, 5) is 19.2. The number of hydrogen-bond donors (Lipinski definition) is 0. The Morgan fingerprint density at radius 1 is 1.20 bits per heavy atom. The van der Waals surface area contributed by atoms with Crippen LogP contribution in [-0.2, 0) is 24.9 Å². The first kappa shape index (κ1) is 18.8. The van der Waals surface area contributed by atoms with Gasteiger partial charge in [0.2, 0.25) is 5.88 Å². The fraction of sp³-hybridized carbons (Fsp3) is 0.348. The zero-order valence-electron chi connectivity index (χ0n) is 17.0. The molecule has 1 aromatic carbocycles. The minimum atomic E-state index is -0.0331. The number of benzene rings is 1. The molecular weight excluding hydrogens is 380 g/mol. The van der Waals surface area contributed by atoms with Crippen LogP contribution in [0.25, 0.3) is 11.3 Å². The summed E-state index contributed by atoms with van der Waals surface area (Å²) in [6.07, 6.45) is 5.77. The molecule has 1 atom stereocenters. The number of aromatic nitrogens is 3. The molecule has 3 aromatic rings. The lowest BCUT2D eigenvalue weighted by molar-refractivity contribution is 0.0643. The van der Waals surface area contributed by atoms with Gasteiger partial charge in [0, 0.05) is 44.7 Å². The largest absolute Gasteiger partial charge is 0.474 e. The summed E-state index contributed by atoms with van der Waals surface area (Å²) in [5.74, 6) is 0.384. The first-order chi connectivity index (χ1) is 14.7. The van der Waals surface area contributed by atoms with Gasteiger partial charge in [-0.05, 0) is 36.1 Å². The Morgan fingerprint density at radius 3 is 2.80 bits per heavy atom. The van der Waals surface area contributed by atoms with Crippen LogP contribution in [0, 0.1) is 0 Å². The standard InChI is InChI=1S/C23H24N4O3/c1-26-11-9-20(25-26)17-6-4-16(5-7-17)13-27-14-18-8-10-24-22(21(18)23(27)28)30-15-19-3-2-12-29-19/h4-11,19H,2-3,12-15H2,1H3/t19-/m1/s1. The molecule has 1 saturated heterocycles. The number of carbonyl (C=O) groups excluding carboxylic acids is 1. The third-order valence-corrected chi connectivity index (χ3v) is 5.63. The van der Waals surface area contributed by atoms with Crippen LogP contribution in [0.3, 0.4) is 0 Å². The number of amides is 1. The molecule has 1 amide bonds. The van der Waals surface area contributed by atoms with Crippen LogP contribution in [0.1, 0.15) is 34.3 Å². The highest BCUT2D eigenvalue weighted by Gasteiger charge is 2.32. The van der Waals surface area contributed by atoms with E-state index in [9.17, 15) is 4.79 Å². The Hall–Kier alpha value is -3.19. The summed E-state index contributed by atoms with van der Waals surface area (Å²) in [6.45, 7) is 2.32. The Labute approximate surface area is 175 Å². The first-order valence-corrected chi connectivity index (χ1v) is 10.3. The molecule has 2 aliphatic heterocycles. The topological polar surface area (TPSA) is 69.5 Å². The van der Waals surface area contributed by atoms with Crippen molar-refractivity contribution in [2.45, 2.75) is 32.0 Å². The number of ether oxygens (including phenoxy) is 2. The molecule has 0 aliphatic carbocycles. The second kappa shape index (κ2) is 7.91. The van der Waals surface area contributed by atoms with E-state index in [1.54, 1.807) is 10.9 Å². The van der Waals surface area contributed by atoms with Crippen molar-refractivity contribution in [2.24, 2.45) is 7.05 Å². The lowest BCUT2D eigenvalue weighted by Gasteiger charge is -2.16. The minimum Gasteiger partial charge on any atom is -0.474 e. The first-order valence-electron chi connectivity index (χ1n) is 10.3. The van der Waals surface area contributed by atoms with Crippen molar-refractivity contribution in [3.63, 3.8) is 0 Å². The monoisotopic (exact) mass is 404 g/mol. The Balaban J connectivity index is 1.28. The summed E-state index contributed by atoms with van der Waals surface area (Å²) in [5.41, 5.74) is 4.62. The van der Waals surface area contributed by atoms with Gasteiger partial charge in [-0.2, -0.15) is 5.10 Å². The molecule has 0 radical (unpaired) electrons. The van der Waals surface area contributed by atoms with E-state index in [2.05, 4.69) is 10.1 Å². The van der Waals surface area contributed by atoms with Crippen molar-refractivity contribution in [3.8, 4) is 17.1 Å². The molecule has 0 N–H and O–H groups in total. The minimum absolute atomic E-state index is 0.0331. The van der Waals surface area contributed by atoms with Gasteiger partial charge in [0.05, 0.1) is 11.8 Å². The quantitative estimate of drug-likeness (QED) is 0.631. The van der Waals surface area contributed by atoms with Gasteiger partial charge in [-0.25, -0.2) is 4.98 Å². The van der Waals surface area contributed by atoms with Crippen LogP contribution in [0.4, 0.5) is 0 Å². The summed E-state index contributed by atoms with van der Waals surface area (Å²) < 4.78 is 13.3. The average Bonchev–Trinajstić information content (AvgIpc) is 3.49. The highest BCUT2D eigenvalue weighted by molar-refractivity contribution is 6.00. The molecule has 0 bridgehead atoms. The molecule has 2 aromatic heterocycles. The zero-order valence-corrected chi connectivity index (χ0v) is 17.0. The van der Waals surface area contributed by atoms with E-state index in [1.807, 2.05) is 54.5 Å². The number of carbonyl (C=O) groups is 1. The summed E-state index contributed by atoms with van der Waals surface area (Å²) >= 11 is 0. The highest BCUT2D eigenvalue weighted by Crippen LogP contribution is 2.31. The van der Waals surface area contributed by atoms with E-state index < -0.39 is 0 Å². The predicted molar refractivity (Wildman–Crippen MR) is 111 cm³/mol. The maximum atomic E-state index is 13.1. The van der Waals surface area contributed by atoms with Crippen molar-refractivity contribution in [1.82, 2.24) is 19.7 Å². The predicted octanol–water partition coefficient (Wildman–Crippen LogP) is 3.20. The van der Waals surface area contributed by atoms with Crippen molar-refractivity contribution < 1.29 is 14.3 Å². The van der Waals surface area contributed by atoms with Gasteiger partial charge in [-0.15, -0.1) is 0 Å². The van der Waals surface area contributed by atoms with Crippen LogP contribution >= 0.6 is 0 Å². The normalized spacial score (nSPS) is 18.1. The Morgan fingerprint density at radius 2 is 2.07 bits per heavy atom. The van der Waals surface area contributed by atoms with Crippen LogP contribution in [0.5, 0.6) is 5.88 Å². The SMILES string of the molecule is Cn1ccc(-c2ccc(CN3Cc4ccnc(OC[C@H]5CCCO5)c4C3=O)cc2)n1. The van der Waals surface area contributed by atoms with Gasteiger partial charge >= 0.3 is 0 Å². The summed E-state index contributed by atoms with van der Waals surface area (Å²) in [6, 6.07) is 12.1. The maximum absolute atomic E-state index is 13.1. The Kier molecular flexibility index (Phi) is 4.96. The maximum Gasteiger partial charge on any atom is 0.260 e. The molecule has 7 nitrogen and oxygen atoms in total. The molecule has 5 rings (SSSR count). The smallest absolute Gasteiger partial charge is 0.260 e. The fourth-order valence-corrected chi connectivity index (χ4v) is 4.03. The third kappa shape index (κ3) is 3.68. The molecule has 4 heterocycles. The molecule has 2 aliphatic rings. The highest BCUT2D eigenvalue weighted by atomic mass is 16.5. The van der Waals surface area contributed by atoms with Gasteiger partial charge in [-0.3, -0.25) is 9.48 Å². The molecule has 0 saturated carbocycles. The van der Waals surface area contributed by atoms with Gasteiger partial charge in [0.15, 0.2) is 0 Å². The van der Waals surface area contributed by atoms with Crippen LogP contribution < -0.4 is 4.74 Å². The molecule has 0 spiro atoms. The molecule has 7 heteroatoms.